The number of rotatable bonds is 3. The molecule has 2 heterocycles. The lowest BCUT2D eigenvalue weighted by atomic mass is 9.89. The lowest BCUT2D eigenvalue weighted by Gasteiger charge is -2.33. The predicted molar refractivity (Wildman–Crippen MR) is 101 cm³/mol. The fraction of sp³-hybridized carbons (Fsp3) is 0.619. The lowest BCUT2D eigenvalue weighted by Crippen LogP contribution is -2.47. The van der Waals surface area contributed by atoms with Gasteiger partial charge in [-0.2, -0.15) is 0 Å². The molecule has 1 amide bonds. The zero-order valence-corrected chi connectivity index (χ0v) is 16.1. The first-order chi connectivity index (χ1) is 12.5. The molecule has 2 saturated heterocycles. The molecule has 5 heteroatoms. The van der Waals surface area contributed by atoms with Gasteiger partial charge in [0.2, 0.25) is 5.91 Å². The van der Waals surface area contributed by atoms with E-state index >= 15 is 0 Å². The number of nitrogens with zero attached hydrogens (tertiary/aromatic N) is 2. The van der Waals surface area contributed by atoms with E-state index in [2.05, 4.69) is 0 Å². The summed E-state index contributed by atoms with van der Waals surface area (Å²) in [6.45, 7) is 3.55. The van der Waals surface area contributed by atoms with Crippen molar-refractivity contribution in [2.24, 2.45) is 5.92 Å². The Hall–Kier alpha value is -1.88. The molecule has 0 radical (unpaired) electrons. The second-order valence-corrected chi connectivity index (χ2v) is 7.78. The van der Waals surface area contributed by atoms with Crippen LogP contribution < -0.4 is 0 Å². The number of likely N-dealkylation sites (tertiary alicyclic amines) is 2. The highest BCUT2D eigenvalue weighted by Gasteiger charge is 2.55. The summed E-state index contributed by atoms with van der Waals surface area (Å²) >= 11 is 0. The van der Waals surface area contributed by atoms with Crippen LogP contribution in [0.25, 0.3) is 0 Å². The van der Waals surface area contributed by atoms with Crippen LogP contribution in [0.4, 0.5) is 0 Å². The molecule has 2 aliphatic rings. The highest BCUT2D eigenvalue weighted by atomic mass is 16.5. The maximum absolute atomic E-state index is 13.4. The van der Waals surface area contributed by atoms with Gasteiger partial charge in [-0.15, -0.1) is 0 Å². The van der Waals surface area contributed by atoms with Gasteiger partial charge in [-0.3, -0.25) is 14.5 Å². The van der Waals surface area contributed by atoms with Crippen molar-refractivity contribution in [2.45, 2.75) is 50.6 Å². The van der Waals surface area contributed by atoms with Crippen molar-refractivity contribution in [1.82, 2.24) is 9.80 Å². The third kappa shape index (κ3) is 3.37. The minimum absolute atomic E-state index is 0.115. The quantitative estimate of drug-likeness (QED) is 0.780. The van der Waals surface area contributed by atoms with Gasteiger partial charge < -0.3 is 9.64 Å². The Labute approximate surface area is 156 Å². The average molecular weight is 358 g/mol. The van der Waals surface area contributed by atoms with Crippen molar-refractivity contribution >= 4 is 11.9 Å². The Bertz CT molecular complexity index is 640. The molecule has 0 spiro atoms. The van der Waals surface area contributed by atoms with E-state index in [1.807, 2.05) is 54.1 Å². The van der Waals surface area contributed by atoms with Gasteiger partial charge in [0.1, 0.15) is 5.54 Å². The first-order valence-corrected chi connectivity index (χ1v) is 9.64. The van der Waals surface area contributed by atoms with Crippen LogP contribution in [0.1, 0.15) is 50.6 Å². The van der Waals surface area contributed by atoms with Gasteiger partial charge >= 0.3 is 5.97 Å². The minimum atomic E-state index is -0.790. The maximum atomic E-state index is 13.4. The van der Waals surface area contributed by atoms with E-state index in [9.17, 15) is 9.59 Å². The first kappa shape index (κ1) is 18.9. The molecular weight excluding hydrogens is 328 g/mol. The number of methoxy groups -OCH3 is 1. The Morgan fingerprint density at radius 3 is 2.27 bits per heavy atom. The van der Waals surface area contributed by atoms with Crippen LogP contribution in [-0.2, 0) is 14.3 Å². The van der Waals surface area contributed by atoms with Crippen LogP contribution in [0.2, 0.25) is 0 Å². The molecule has 26 heavy (non-hydrogen) atoms. The molecule has 0 aliphatic carbocycles. The molecule has 3 atom stereocenters. The Morgan fingerprint density at radius 2 is 1.69 bits per heavy atom. The number of amides is 1. The summed E-state index contributed by atoms with van der Waals surface area (Å²) in [5.41, 5.74) is 0.289. The normalized spacial score (nSPS) is 30.0. The largest absolute Gasteiger partial charge is 0.468 e. The van der Waals surface area contributed by atoms with Crippen LogP contribution >= 0.6 is 0 Å². The molecule has 0 saturated carbocycles. The third-order valence-corrected chi connectivity index (χ3v) is 6.20. The summed E-state index contributed by atoms with van der Waals surface area (Å²) < 4.78 is 5.08. The fourth-order valence-corrected chi connectivity index (χ4v) is 4.56. The summed E-state index contributed by atoms with van der Waals surface area (Å²) in [6.07, 6.45) is 5.01. The summed E-state index contributed by atoms with van der Waals surface area (Å²) in [5, 5.41) is 0. The van der Waals surface area contributed by atoms with Gasteiger partial charge in [-0.1, -0.05) is 43.2 Å². The van der Waals surface area contributed by atoms with Gasteiger partial charge in [0.15, 0.2) is 0 Å². The van der Waals surface area contributed by atoms with Crippen molar-refractivity contribution in [3.8, 4) is 0 Å². The van der Waals surface area contributed by atoms with Crippen LogP contribution in [0.15, 0.2) is 30.3 Å². The Balaban J connectivity index is 1.94. The van der Waals surface area contributed by atoms with Gasteiger partial charge in [0.25, 0.3) is 0 Å². The summed E-state index contributed by atoms with van der Waals surface area (Å²) in [4.78, 5) is 30.0. The van der Waals surface area contributed by atoms with Gasteiger partial charge in [0.05, 0.1) is 13.0 Å². The monoisotopic (exact) mass is 358 g/mol. The van der Waals surface area contributed by atoms with E-state index in [0.29, 0.717) is 6.42 Å². The Morgan fingerprint density at radius 1 is 1.08 bits per heavy atom. The molecule has 2 fully saturated rings. The SMILES string of the molecule is COC(=O)[C@]1(C)C[C@H](C(=O)N2CCCCCC2)[C@H](c2ccccc2)N1C. The van der Waals surface area contributed by atoms with Crippen molar-refractivity contribution in [3.05, 3.63) is 35.9 Å². The smallest absolute Gasteiger partial charge is 0.326 e. The fourth-order valence-electron chi connectivity index (χ4n) is 4.56. The molecule has 0 unspecified atom stereocenters. The van der Waals surface area contributed by atoms with Crippen LogP contribution in [0.3, 0.4) is 0 Å². The van der Waals surface area contributed by atoms with E-state index < -0.39 is 5.54 Å². The standard InChI is InChI=1S/C21H30N2O3/c1-21(20(25)26-3)15-17(19(24)23-13-9-4-5-10-14-23)18(22(21)2)16-11-7-6-8-12-16/h6-8,11-12,17-18H,4-5,9-10,13-15H2,1-3H3/t17-,18-,21-/m0/s1. The van der Waals surface area contributed by atoms with Crippen LogP contribution in [0, 0.1) is 5.92 Å². The number of carbonyl (C=O) groups is 2. The third-order valence-electron chi connectivity index (χ3n) is 6.20. The zero-order valence-electron chi connectivity index (χ0n) is 16.1. The molecule has 0 aromatic heterocycles. The van der Waals surface area contributed by atoms with E-state index in [4.69, 9.17) is 4.74 Å². The average Bonchev–Trinajstić information content (AvgIpc) is 2.85. The number of carbonyl (C=O) groups excluding carboxylic acids is 2. The molecule has 1 aromatic carbocycles. The van der Waals surface area contributed by atoms with Gasteiger partial charge in [0, 0.05) is 19.1 Å². The van der Waals surface area contributed by atoms with Crippen LogP contribution in [0.5, 0.6) is 0 Å². The van der Waals surface area contributed by atoms with Gasteiger partial charge in [-0.25, -0.2) is 0 Å². The van der Waals surface area contributed by atoms with E-state index in [0.717, 1.165) is 31.5 Å². The summed E-state index contributed by atoms with van der Waals surface area (Å²) in [5.74, 6) is -0.322. The number of likely N-dealkylation sites (N-methyl/N-ethyl adjacent to an activating group) is 1. The molecule has 5 nitrogen and oxygen atoms in total. The molecule has 1 aromatic rings. The number of hydrogen-bond donors (Lipinski definition) is 0. The first-order valence-electron chi connectivity index (χ1n) is 9.64. The predicted octanol–water partition coefficient (Wildman–Crippen LogP) is 3.01. The highest BCUT2D eigenvalue weighted by Crippen LogP contribution is 2.47. The maximum Gasteiger partial charge on any atom is 0.326 e. The zero-order chi connectivity index (χ0) is 18.7. The highest BCUT2D eigenvalue weighted by molar-refractivity contribution is 5.86. The van der Waals surface area contributed by atoms with Crippen molar-refractivity contribution in [3.63, 3.8) is 0 Å². The molecule has 0 bridgehead atoms. The Kier molecular flexibility index (Phi) is 5.66. The lowest BCUT2D eigenvalue weighted by molar-refractivity contribution is -0.152. The topological polar surface area (TPSA) is 49.9 Å². The second kappa shape index (κ2) is 7.78. The van der Waals surface area contributed by atoms with E-state index in [1.165, 1.54) is 20.0 Å². The number of hydrogen-bond acceptors (Lipinski definition) is 4. The molecule has 2 aliphatic heterocycles. The number of ether oxygens (including phenoxy) is 1. The molecular formula is C21H30N2O3. The number of esters is 1. The number of benzene rings is 1. The van der Waals surface area contributed by atoms with Crippen molar-refractivity contribution in [1.29, 1.82) is 0 Å². The van der Waals surface area contributed by atoms with Crippen molar-refractivity contribution < 1.29 is 14.3 Å². The van der Waals surface area contributed by atoms with Gasteiger partial charge in [-0.05, 0) is 38.8 Å². The van der Waals surface area contributed by atoms with E-state index in [-0.39, 0.29) is 23.8 Å². The van der Waals surface area contributed by atoms with E-state index in [1.54, 1.807) is 0 Å². The summed E-state index contributed by atoms with van der Waals surface area (Å²) in [6, 6.07) is 9.94. The summed E-state index contributed by atoms with van der Waals surface area (Å²) in [7, 11) is 3.35. The van der Waals surface area contributed by atoms with Crippen LogP contribution in [-0.4, -0.2) is 54.5 Å². The molecule has 0 N–H and O–H groups in total. The minimum Gasteiger partial charge on any atom is -0.468 e. The molecule has 3 rings (SSSR count). The second-order valence-electron chi connectivity index (χ2n) is 7.78. The van der Waals surface area contributed by atoms with Crippen molar-refractivity contribution in [2.75, 3.05) is 27.2 Å². The molecule has 142 valence electrons.